The van der Waals surface area contributed by atoms with E-state index >= 15 is 0 Å². The van der Waals surface area contributed by atoms with Gasteiger partial charge in [-0.25, -0.2) is 4.39 Å². The lowest BCUT2D eigenvalue weighted by Gasteiger charge is -1.99. The highest BCUT2D eigenvalue weighted by atomic mass is 19.1. The molecular weight excluding hydrogens is 221 g/mol. The molecule has 1 amide bonds. The topological polar surface area (TPSA) is 105 Å². The number of nitro groups is 1. The van der Waals surface area contributed by atoms with Crippen LogP contribution in [0.25, 0.3) is 0 Å². The van der Waals surface area contributed by atoms with Gasteiger partial charge in [-0.05, 0) is 6.07 Å². The van der Waals surface area contributed by atoms with Crippen molar-refractivity contribution in [3.05, 3.63) is 33.6 Å². The summed E-state index contributed by atoms with van der Waals surface area (Å²) in [4.78, 5) is 21.0. The number of hydrogen-bond acceptors (Lipinski definition) is 5. The van der Waals surface area contributed by atoms with Crippen molar-refractivity contribution >= 4 is 23.0 Å². The fraction of sp³-hybridized carbons (Fsp3) is 0. The number of nitrogens with one attached hydrogen (secondary N) is 1. The Labute approximate surface area is 87.3 Å². The van der Waals surface area contributed by atoms with Gasteiger partial charge in [0.2, 0.25) is 0 Å². The number of oxime groups is 1. The zero-order valence-electron chi connectivity index (χ0n) is 7.60. The third kappa shape index (κ3) is 1.28. The van der Waals surface area contributed by atoms with Crippen LogP contribution < -0.4 is 5.32 Å². The molecule has 0 saturated carbocycles. The summed E-state index contributed by atoms with van der Waals surface area (Å²) in [5, 5.41) is 23.9. The van der Waals surface area contributed by atoms with Crippen LogP contribution in [-0.4, -0.2) is 21.7 Å². The predicted molar refractivity (Wildman–Crippen MR) is 50.0 cm³/mol. The Balaban J connectivity index is 2.74. The first-order chi connectivity index (χ1) is 7.54. The maximum Gasteiger partial charge on any atom is 0.296 e. The maximum atomic E-state index is 13.0. The van der Waals surface area contributed by atoms with E-state index in [1.54, 1.807) is 0 Å². The Morgan fingerprint density at radius 3 is 2.75 bits per heavy atom. The van der Waals surface area contributed by atoms with Gasteiger partial charge in [-0.1, -0.05) is 5.16 Å². The number of fused-ring (bicyclic) bond motifs is 1. The summed E-state index contributed by atoms with van der Waals surface area (Å²) in [6, 6.07) is 1.56. The average Bonchev–Trinajstić information content (AvgIpc) is 2.52. The van der Waals surface area contributed by atoms with Crippen LogP contribution in [0.4, 0.5) is 15.8 Å². The van der Waals surface area contributed by atoms with E-state index in [1.807, 2.05) is 0 Å². The van der Waals surface area contributed by atoms with E-state index in [4.69, 9.17) is 5.21 Å². The number of halogens is 1. The number of rotatable bonds is 1. The predicted octanol–water partition coefficient (Wildman–Crippen LogP) is 0.864. The molecule has 0 bridgehead atoms. The molecular formula is C8H4FN3O4. The molecule has 8 heteroatoms. The van der Waals surface area contributed by atoms with E-state index in [9.17, 15) is 19.3 Å². The van der Waals surface area contributed by atoms with Crippen molar-refractivity contribution in [2.75, 3.05) is 5.32 Å². The van der Waals surface area contributed by atoms with Crippen LogP contribution in [0, 0.1) is 15.9 Å². The first kappa shape index (κ1) is 10.0. The van der Waals surface area contributed by atoms with Crippen LogP contribution in [0.5, 0.6) is 0 Å². The van der Waals surface area contributed by atoms with Gasteiger partial charge in [-0.3, -0.25) is 14.9 Å². The van der Waals surface area contributed by atoms with Crippen molar-refractivity contribution in [1.29, 1.82) is 0 Å². The fourth-order valence-corrected chi connectivity index (χ4v) is 1.45. The summed E-state index contributed by atoms with van der Waals surface area (Å²) < 4.78 is 13.0. The first-order valence-corrected chi connectivity index (χ1v) is 4.06. The standard InChI is InChI=1S/C8H4FN3O4/c9-3-1-4-6(5(2-3)12(15)16)10-8(13)7(4)11-14/h1-2,14H,(H,10,11,13). The molecule has 7 nitrogen and oxygen atoms in total. The van der Waals surface area contributed by atoms with Crippen molar-refractivity contribution in [3.8, 4) is 0 Å². The van der Waals surface area contributed by atoms with Crippen LogP contribution in [0.3, 0.4) is 0 Å². The quantitative estimate of drug-likeness (QED) is 0.420. The summed E-state index contributed by atoms with van der Waals surface area (Å²) in [6.45, 7) is 0. The third-order valence-electron chi connectivity index (χ3n) is 2.09. The fourth-order valence-electron chi connectivity index (χ4n) is 1.45. The molecule has 1 aromatic carbocycles. The zero-order chi connectivity index (χ0) is 11.9. The molecule has 0 aromatic heterocycles. The van der Waals surface area contributed by atoms with Gasteiger partial charge in [0.1, 0.15) is 11.5 Å². The van der Waals surface area contributed by atoms with Crippen molar-refractivity contribution in [3.63, 3.8) is 0 Å². The van der Waals surface area contributed by atoms with E-state index in [1.165, 1.54) is 0 Å². The molecule has 2 N–H and O–H groups in total. The second-order valence-electron chi connectivity index (χ2n) is 3.01. The molecule has 0 saturated heterocycles. The first-order valence-electron chi connectivity index (χ1n) is 4.06. The lowest BCUT2D eigenvalue weighted by atomic mass is 10.1. The third-order valence-corrected chi connectivity index (χ3v) is 2.09. The zero-order valence-corrected chi connectivity index (χ0v) is 7.60. The van der Waals surface area contributed by atoms with E-state index in [-0.39, 0.29) is 11.3 Å². The highest BCUT2D eigenvalue weighted by Gasteiger charge is 2.33. The Morgan fingerprint density at radius 2 is 2.19 bits per heavy atom. The summed E-state index contributed by atoms with van der Waals surface area (Å²) in [5.74, 6) is -1.70. The second kappa shape index (κ2) is 3.26. The minimum Gasteiger partial charge on any atom is -0.410 e. The Bertz CT molecular complexity index is 540. The Morgan fingerprint density at radius 1 is 1.50 bits per heavy atom. The van der Waals surface area contributed by atoms with Gasteiger partial charge in [0, 0.05) is 5.56 Å². The number of anilines is 1. The normalized spacial score (nSPS) is 16.1. The second-order valence-corrected chi connectivity index (χ2v) is 3.01. The Hall–Kier alpha value is -2.51. The molecule has 1 aliphatic rings. The molecule has 0 unspecified atom stereocenters. The Kier molecular flexibility index (Phi) is 2.04. The molecule has 0 spiro atoms. The van der Waals surface area contributed by atoms with Gasteiger partial charge in [-0.15, -0.1) is 0 Å². The summed E-state index contributed by atoms with van der Waals surface area (Å²) in [5.41, 5.74) is -1.32. The number of hydrogen-bond donors (Lipinski definition) is 2. The van der Waals surface area contributed by atoms with Crippen LogP contribution >= 0.6 is 0 Å². The highest BCUT2D eigenvalue weighted by Crippen LogP contribution is 2.34. The highest BCUT2D eigenvalue weighted by molar-refractivity contribution is 6.54. The number of nitro benzene ring substituents is 1. The molecule has 1 aliphatic heterocycles. The van der Waals surface area contributed by atoms with Crippen molar-refractivity contribution in [2.45, 2.75) is 0 Å². The van der Waals surface area contributed by atoms with Gasteiger partial charge >= 0.3 is 0 Å². The van der Waals surface area contributed by atoms with E-state index in [0.717, 1.165) is 6.07 Å². The van der Waals surface area contributed by atoms with Gasteiger partial charge in [0.05, 0.1) is 11.0 Å². The minimum absolute atomic E-state index is 0.126. The number of carbonyl (C=O) groups is 1. The number of nitrogens with zero attached hydrogens (tertiary/aromatic N) is 2. The minimum atomic E-state index is -0.886. The lowest BCUT2D eigenvalue weighted by molar-refractivity contribution is -0.384. The summed E-state index contributed by atoms with van der Waals surface area (Å²) >= 11 is 0. The number of amides is 1. The summed E-state index contributed by atoms with van der Waals surface area (Å²) in [7, 11) is 0. The number of carbonyl (C=O) groups excluding carboxylic acids is 1. The van der Waals surface area contributed by atoms with Crippen LogP contribution in [0.2, 0.25) is 0 Å². The smallest absolute Gasteiger partial charge is 0.296 e. The molecule has 1 heterocycles. The maximum absolute atomic E-state index is 13.0. The summed E-state index contributed by atoms with van der Waals surface area (Å²) in [6.07, 6.45) is 0. The van der Waals surface area contributed by atoms with Gasteiger partial charge in [0.25, 0.3) is 11.6 Å². The van der Waals surface area contributed by atoms with E-state index in [2.05, 4.69) is 10.5 Å². The van der Waals surface area contributed by atoms with Crippen molar-refractivity contribution < 1.29 is 19.3 Å². The van der Waals surface area contributed by atoms with Gasteiger partial charge in [0.15, 0.2) is 5.71 Å². The SMILES string of the molecule is O=C1Nc2c(cc(F)cc2[N+](=O)[O-])/C1=N/O. The largest absolute Gasteiger partial charge is 0.410 e. The number of benzene rings is 1. The van der Waals surface area contributed by atoms with Crippen molar-refractivity contribution in [2.24, 2.45) is 5.16 Å². The molecule has 1 aromatic rings. The molecule has 0 aliphatic carbocycles. The molecule has 2 rings (SSSR count). The van der Waals surface area contributed by atoms with E-state index < -0.39 is 28.0 Å². The van der Waals surface area contributed by atoms with Gasteiger partial charge in [-0.2, -0.15) is 0 Å². The van der Waals surface area contributed by atoms with Crippen LogP contribution in [-0.2, 0) is 4.79 Å². The average molecular weight is 225 g/mol. The molecule has 16 heavy (non-hydrogen) atoms. The molecule has 0 radical (unpaired) electrons. The van der Waals surface area contributed by atoms with Crippen molar-refractivity contribution in [1.82, 2.24) is 0 Å². The van der Waals surface area contributed by atoms with Crippen LogP contribution in [0.1, 0.15) is 5.56 Å². The molecule has 0 atom stereocenters. The monoisotopic (exact) mass is 225 g/mol. The van der Waals surface area contributed by atoms with Crippen LogP contribution in [0.15, 0.2) is 17.3 Å². The molecule has 82 valence electrons. The lowest BCUT2D eigenvalue weighted by Crippen LogP contribution is -2.14. The van der Waals surface area contributed by atoms with E-state index in [0.29, 0.717) is 6.07 Å². The van der Waals surface area contributed by atoms with Gasteiger partial charge < -0.3 is 10.5 Å². The molecule has 0 fully saturated rings.